The minimum Gasteiger partial charge on any atom is -0.353 e. The van der Waals surface area contributed by atoms with Crippen molar-refractivity contribution >= 4 is 27.2 Å². The second-order valence-electron chi connectivity index (χ2n) is 5.63. The van der Waals surface area contributed by atoms with Gasteiger partial charge in [-0.1, -0.05) is 29.8 Å². The van der Waals surface area contributed by atoms with Gasteiger partial charge in [0.25, 0.3) is 10.0 Å². The number of aromatic nitrogens is 1. The molecule has 1 heterocycles. The maximum atomic E-state index is 12.4. The number of nitrogens with zero attached hydrogens (tertiary/aromatic N) is 2. The Labute approximate surface area is 152 Å². The number of hydrogen-bond donors (Lipinski definition) is 2. The highest BCUT2D eigenvalue weighted by Gasteiger charge is 2.14. The summed E-state index contributed by atoms with van der Waals surface area (Å²) in [7, 11) is -3.69. The molecule has 0 spiro atoms. The van der Waals surface area contributed by atoms with Crippen LogP contribution in [0.5, 0.6) is 0 Å². The van der Waals surface area contributed by atoms with Gasteiger partial charge in [0.2, 0.25) is 0 Å². The van der Waals surface area contributed by atoms with E-state index in [1.165, 1.54) is 6.20 Å². The summed E-state index contributed by atoms with van der Waals surface area (Å²) < 4.78 is 27.2. The molecule has 0 bridgehead atoms. The lowest BCUT2D eigenvalue weighted by Crippen LogP contribution is -2.13. The standard InChI is InChI=1S/C19H16N4O2S/c1-14-6-9-17(10-7-14)26(24,25)23-19-11-8-16(13-21-19)22-18-5-3-2-4-15(18)12-20/h2-11,13,22H,1H3,(H,21,23). The lowest BCUT2D eigenvalue weighted by atomic mass is 10.2. The zero-order chi connectivity index (χ0) is 18.6. The fourth-order valence-electron chi connectivity index (χ4n) is 2.29. The average Bonchev–Trinajstić information content (AvgIpc) is 2.64. The first-order valence-electron chi connectivity index (χ1n) is 7.80. The Hall–Kier alpha value is -3.37. The monoisotopic (exact) mass is 364 g/mol. The van der Waals surface area contributed by atoms with Crippen molar-refractivity contribution in [2.75, 3.05) is 10.0 Å². The first-order chi connectivity index (χ1) is 12.5. The molecule has 2 N–H and O–H groups in total. The third-order valence-electron chi connectivity index (χ3n) is 3.66. The Kier molecular flexibility index (Phi) is 4.87. The van der Waals surface area contributed by atoms with Crippen LogP contribution in [0.25, 0.3) is 0 Å². The normalized spacial score (nSPS) is 10.8. The van der Waals surface area contributed by atoms with Crippen LogP contribution >= 0.6 is 0 Å². The van der Waals surface area contributed by atoms with Gasteiger partial charge < -0.3 is 5.32 Å². The van der Waals surface area contributed by atoms with Crippen LogP contribution in [0.4, 0.5) is 17.2 Å². The van der Waals surface area contributed by atoms with E-state index in [9.17, 15) is 8.42 Å². The Balaban J connectivity index is 1.75. The number of sulfonamides is 1. The molecule has 0 aliphatic rings. The van der Waals surface area contributed by atoms with Crippen molar-refractivity contribution < 1.29 is 8.42 Å². The highest BCUT2D eigenvalue weighted by molar-refractivity contribution is 7.92. The van der Waals surface area contributed by atoms with Crippen LogP contribution in [0.1, 0.15) is 11.1 Å². The highest BCUT2D eigenvalue weighted by Crippen LogP contribution is 2.21. The van der Waals surface area contributed by atoms with Crippen molar-refractivity contribution in [3.8, 4) is 6.07 Å². The van der Waals surface area contributed by atoms with Crippen molar-refractivity contribution in [1.29, 1.82) is 5.26 Å². The topological polar surface area (TPSA) is 94.9 Å². The molecule has 3 rings (SSSR count). The van der Waals surface area contributed by atoms with E-state index in [0.29, 0.717) is 16.9 Å². The molecule has 2 aromatic carbocycles. The number of pyridine rings is 1. The van der Waals surface area contributed by atoms with Gasteiger partial charge in [-0.05, 0) is 43.3 Å². The third-order valence-corrected chi connectivity index (χ3v) is 5.03. The maximum absolute atomic E-state index is 12.4. The molecule has 0 aliphatic heterocycles. The van der Waals surface area contributed by atoms with Gasteiger partial charge in [-0.2, -0.15) is 5.26 Å². The molecule has 0 aliphatic carbocycles. The average molecular weight is 364 g/mol. The van der Waals surface area contributed by atoms with E-state index >= 15 is 0 Å². The summed E-state index contributed by atoms with van der Waals surface area (Å²) in [6, 6.07) is 19.0. The number of hydrogen-bond acceptors (Lipinski definition) is 5. The fraction of sp³-hybridized carbons (Fsp3) is 0.0526. The van der Waals surface area contributed by atoms with Gasteiger partial charge in [-0.3, -0.25) is 4.72 Å². The Morgan fingerprint density at radius 3 is 2.38 bits per heavy atom. The molecule has 0 radical (unpaired) electrons. The van der Waals surface area contributed by atoms with Crippen molar-refractivity contribution in [2.45, 2.75) is 11.8 Å². The smallest absolute Gasteiger partial charge is 0.263 e. The molecule has 0 saturated carbocycles. The zero-order valence-corrected chi connectivity index (χ0v) is 14.8. The number of anilines is 3. The van der Waals surface area contributed by atoms with Gasteiger partial charge in [0.1, 0.15) is 11.9 Å². The third kappa shape index (κ3) is 3.99. The number of benzene rings is 2. The van der Waals surface area contributed by atoms with E-state index in [-0.39, 0.29) is 10.7 Å². The summed E-state index contributed by atoms with van der Waals surface area (Å²) in [5, 5.41) is 12.2. The van der Waals surface area contributed by atoms with Crippen LogP contribution in [-0.4, -0.2) is 13.4 Å². The second kappa shape index (κ2) is 7.25. The molecular weight excluding hydrogens is 348 g/mol. The van der Waals surface area contributed by atoms with Crippen molar-refractivity contribution in [3.05, 3.63) is 78.0 Å². The highest BCUT2D eigenvalue weighted by atomic mass is 32.2. The van der Waals surface area contributed by atoms with Gasteiger partial charge in [-0.25, -0.2) is 13.4 Å². The van der Waals surface area contributed by atoms with Crippen LogP contribution in [0.3, 0.4) is 0 Å². The summed E-state index contributed by atoms with van der Waals surface area (Å²) in [4.78, 5) is 4.30. The van der Waals surface area contributed by atoms with Gasteiger partial charge in [0, 0.05) is 0 Å². The first kappa shape index (κ1) is 17.5. The largest absolute Gasteiger partial charge is 0.353 e. The summed E-state index contributed by atoms with van der Waals surface area (Å²) >= 11 is 0. The molecule has 0 unspecified atom stereocenters. The number of aryl methyl sites for hydroxylation is 1. The number of nitriles is 1. The zero-order valence-electron chi connectivity index (χ0n) is 14.0. The second-order valence-corrected chi connectivity index (χ2v) is 7.32. The van der Waals surface area contributed by atoms with Crippen LogP contribution in [0, 0.1) is 18.3 Å². The molecule has 0 saturated heterocycles. The van der Waals surface area contributed by atoms with E-state index in [4.69, 9.17) is 5.26 Å². The van der Waals surface area contributed by atoms with E-state index in [0.717, 1.165) is 5.56 Å². The van der Waals surface area contributed by atoms with Crippen LogP contribution in [0.2, 0.25) is 0 Å². The Bertz CT molecular complexity index is 1050. The van der Waals surface area contributed by atoms with Gasteiger partial charge in [-0.15, -0.1) is 0 Å². The van der Waals surface area contributed by atoms with Gasteiger partial charge >= 0.3 is 0 Å². The van der Waals surface area contributed by atoms with E-state index < -0.39 is 10.0 Å². The predicted molar refractivity (Wildman–Crippen MR) is 101 cm³/mol. The number of para-hydroxylation sites is 1. The van der Waals surface area contributed by atoms with Gasteiger partial charge in [0.05, 0.1) is 28.0 Å². The van der Waals surface area contributed by atoms with E-state index in [1.54, 1.807) is 54.6 Å². The molecule has 1 aromatic heterocycles. The number of nitrogens with one attached hydrogen (secondary N) is 2. The van der Waals surface area contributed by atoms with Crippen molar-refractivity contribution in [3.63, 3.8) is 0 Å². The maximum Gasteiger partial charge on any atom is 0.263 e. The molecular formula is C19H16N4O2S. The van der Waals surface area contributed by atoms with Gasteiger partial charge in [0.15, 0.2) is 0 Å². The predicted octanol–water partition coefficient (Wildman–Crippen LogP) is 3.81. The Morgan fingerprint density at radius 2 is 1.73 bits per heavy atom. The van der Waals surface area contributed by atoms with Crippen molar-refractivity contribution in [1.82, 2.24) is 4.98 Å². The van der Waals surface area contributed by atoms with Crippen LogP contribution in [-0.2, 0) is 10.0 Å². The molecule has 0 amide bonds. The minimum atomic E-state index is -3.69. The van der Waals surface area contributed by atoms with E-state index in [1.807, 2.05) is 13.0 Å². The van der Waals surface area contributed by atoms with E-state index in [2.05, 4.69) is 21.1 Å². The summed E-state index contributed by atoms with van der Waals surface area (Å²) in [5.41, 5.74) is 2.79. The fourth-order valence-corrected chi connectivity index (χ4v) is 3.30. The molecule has 26 heavy (non-hydrogen) atoms. The van der Waals surface area contributed by atoms with Crippen LogP contribution < -0.4 is 10.0 Å². The summed E-state index contributed by atoms with van der Waals surface area (Å²) in [6.07, 6.45) is 1.50. The molecule has 130 valence electrons. The molecule has 6 nitrogen and oxygen atoms in total. The molecule has 7 heteroatoms. The molecule has 0 atom stereocenters. The van der Waals surface area contributed by atoms with Crippen molar-refractivity contribution in [2.24, 2.45) is 0 Å². The quantitative estimate of drug-likeness (QED) is 0.718. The Morgan fingerprint density at radius 1 is 1.00 bits per heavy atom. The molecule has 3 aromatic rings. The lowest BCUT2D eigenvalue weighted by Gasteiger charge is -2.10. The number of rotatable bonds is 5. The summed E-state index contributed by atoms with van der Waals surface area (Å²) in [6.45, 7) is 1.89. The minimum absolute atomic E-state index is 0.176. The SMILES string of the molecule is Cc1ccc(S(=O)(=O)Nc2ccc(Nc3ccccc3C#N)cn2)cc1. The summed E-state index contributed by atoms with van der Waals surface area (Å²) in [5.74, 6) is 0.213. The molecule has 0 fully saturated rings. The lowest BCUT2D eigenvalue weighted by molar-refractivity contribution is 0.601. The van der Waals surface area contributed by atoms with Crippen LogP contribution in [0.15, 0.2) is 71.8 Å². The first-order valence-corrected chi connectivity index (χ1v) is 9.28.